The maximum atomic E-state index is 6.95. The van der Waals surface area contributed by atoms with Crippen LogP contribution in [-0.2, 0) is 21.1 Å². The number of para-hydroxylation sites is 8. The van der Waals surface area contributed by atoms with Crippen molar-refractivity contribution in [1.29, 1.82) is 0 Å². The molecule has 4 heterocycles. The molecule has 0 atom stereocenters. The maximum Gasteiger partial charge on any atom is 2.00 e. The molecule has 0 aliphatic carbocycles. The van der Waals surface area contributed by atoms with Gasteiger partial charge in [-0.15, -0.1) is 47.5 Å². The van der Waals surface area contributed by atoms with Crippen molar-refractivity contribution in [3.63, 3.8) is 0 Å². The molecule has 58 heavy (non-hydrogen) atoms. The number of aromatic nitrogens is 6. The van der Waals surface area contributed by atoms with E-state index in [9.17, 15) is 0 Å². The Kier molecular flexibility index (Phi) is 7.91. The summed E-state index contributed by atoms with van der Waals surface area (Å²) in [6.45, 7) is 0. The van der Waals surface area contributed by atoms with Gasteiger partial charge in [-0.1, -0.05) is 121 Å². The van der Waals surface area contributed by atoms with Gasteiger partial charge in [0.25, 0.3) is 0 Å². The quantitative estimate of drug-likeness (QED) is 0.156. The van der Waals surface area contributed by atoms with Crippen LogP contribution in [0.5, 0.6) is 11.5 Å². The van der Waals surface area contributed by atoms with Crippen molar-refractivity contribution >= 4 is 55.7 Å². The summed E-state index contributed by atoms with van der Waals surface area (Å²) in [5, 5.41) is 0. The molecule has 0 amide bonds. The molecule has 0 spiro atoms. The van der Waals surface area contributed by atoms with Gasteiger partial charge < -0.3 is 13.9 Å². The Morgan fingerprint density at radius 2 is 0.724 bits per heavy atom. The first-order valence-electron chi connectivity index (χ1n) is 18.9. The van der Waals surface area contributed by atoms with Gasteiger partial charge >= 0.3 is 21.1 Å². The minimum atomic E-state index is 0. The molecule has 0 aliphatic heterocycles. The van der Waals surface area contributed by atoms with Crippen LogP contribution < -0.4 is 4.74 Å². The minimum absolute atomic E-state index is 0. The first kappa shape index (κ1) is 34.1. The van der Waals surface area contributed by atoms with Crippen LogP contribution in [0, 0.1) is 12.1 Å². The van der Waals surface area contributed by atoms with Gasteiger partial charge in [-0.2, -0.15) is 0 Å². The van der Waals surface area contributed by atoms with Gasteiger partial charge in [-0.05, 0) is 59.7 Å². The van der Waals surface area contributed by atoms with Gasteiger partial charge in [0.1, 0.15) is 0 Å². The van der Waals surface area contributed by atoms with E-state index in [1.807, 2.05) is 24.3 Å². The fourth-order valence-electron chi connectivity index (χ4n) is 8.30. The van der Waals surface area contributed by atoms with E-state index in [1.54, 1.807) is 0 Å². The second kappa shape index (κ2) is 13.5. The average molecular weight is 926 g/mol. The van der Waals surface area contributed by atoms with Crippen molar-refractivity contribution in [2.75, 3.05) is 0 Å². The summed E-state index contributed by atoms with van der Waals surface area (Å²) in [5.41, 5.74) is 13.9. The van der Waals surface area contributed by atoms with Gasteiger partial charge in [0.05, 0.1) is 44.1 Å². The Hall–Kier alpha value is -7.21. The molecule has 0 saturated heterocycles. The van der Waals surface area contributed by atoms with Crippen LogP contribution in [0.3, 0.4) is 0 Å². The van der Waals surface area contributed by atoms with Crippen LogP contribution >= 0.6 is 0 Å². The van der Waals surface area contributed by atoms with Crippen LogP contribution in [-0.4, -0.2) is 27.9 Å². The Balaban J connectivity index is 0.00000385. The molecular weight excluding hydrogens is 896 g/mol. The van der Waals surface area contributed by atoms with E-state index in [2.05, 4.69) is 188 Å². The molecule has 0 unspecified atom stereocenters. The van der Waals surface area contributed by atoms with E-state index in [-0.39, 0.29) is 21.1 Å². The van der Waals surface area contributed by atoms with Crippen molar-refractivity contribution in [3.8, 4) is 45.1 Å². The Bertz CT molecular complexity index is 3270. The van der Waals surface area contributed by atoms with E-state index in [0.29, 0.717) is 11.5 Å². The zero-order valence-corrected chi connectivity index (χ0v) is 33.0. The molecule has 0 radical (unpaired) electrons. The van der Waals surface area contributed by atoms with Crippen LogP contribution in [0.25, 0.3) is 89.3 Å². The Morgan fingerprint density at radius 3 is 1.16 bits per heavy atom. The van der Waals surface area contributed by atoms with Crippen molar-refractivity contribution in [3.05, 3.63) is 194 Å². The third kappa shape index (κ3) is 5.31. The summed E-state index contributed by atoms with van der Waals surface area (Å²) in [7, 11) is 0. The summed E-state index contributed by atoms with van der Waals surface area (Å²) in [6, 6.07) is 69.9. The molecule has 8 heteroatoms. The van der Waals surface area contributed by atoms with Crippen LogP contribution in [0.4, 0.5) is 0 Å². The predicted molar refractivity (Wildman–Crippen MR) is 228 cm³/mol. The van der Waals surface area contributed by atoms with Crippen molar-refractivity contribution in [1.82, 2.24) is 27.9 Å². The molecule has 7 nitrogen and oxygen atoms in total. The van der Waals surface area contributed by atoms with Gasteiger partial charge in [0, 0.05) is 11.5 Å². The molecule has 276 valence electrons. The number of fused-ring (bicyclic) bond motifs is 10. The van der Waals surface area contributed by atoms with E-state index < -0.39 is 0 Å². The van der Waals surface area contributed by atoms with Gasteiger partial charge in [0.15, 0.2) is 0 Å². The zero-order valence-electron chi connectivity index (χ0n) is 30.7. The third-order valence-corrected chi connectivity index (χ3v) is 10.8. The SMILES string of the molecule is [Pt+2].[c-]1c(Oc2[c-]c(-n3c4ccccc4n4c5ccccc5nc34)cc(-c3ccccc3)c2)cc(-c2ccccc2)cc1-n1c2ccccc2n2c3ccccc3nc12. The van der Waals surface area contributed by atoms with E-state index in [4.69, 9.17) is 14.7 Å². The van der Waals surface area contributed by atoms with Crippen LogP contribution in [0.15, 0.2) is 182 Å². The van der Waals surface area contributed by atoms with Crippen LogP contribution in [0.1, 0.15) is 0 Å². The predicted octanol–water partition coefficient (Wildman–Crippen LogP) is 11.9. The monoisotopic (exact) mass is 925 g/mol. The molecule has 0 bridgehead atoms. The fraction of sp³-hybridized carbons (Fsp3) is 0. The molecule has 12 rings (SSSR count). The minimum Gasteiger partial charge on any atom is -0.509 e. The number of benzene rings is 8. The van der Waals surface area contributed by atoms with E-state index in [1.165, 1.54) is 0 Å². The third-order valence-electron chi connectivity index (χ3n) is 10.8. The number of nitrogens with zero attached hydrogens (tertiary/aromatic N) is 6. The van der Waals surface area contributed by atoms with Crippen molar-refractivity contribution < 1.29 is 25.8 Å². The number of imidazole rings is 4. The smallest absolute Gasteiger partial charge is 0.509 e. The van der Waals surface area contributed by atoms with E-state index in [0.717, 1.165) is 89.3 Å². The Morgan fingerprint density at radius 1 is 0.362 bits per heavy atom. The Labute approximate surface area is 346 Å². The molecular formula is C50H30N6OPt. The first-order chi connectivity index (χ1) is 28.2. The second-order valence-electron chi connectivity index (χ2n) is 14.2. The number of hydrogen-bond donors (Lipinski definition) is 0. The molecule has 0 saturated carbocycles. The fourth-order valence-corrected chi connectivity index (χ4v) is 8.30. The van der Waals surface area contributed by atoms with Crippen molar-refractivity contribution in [2.24, 2.45) is 0 Å². The molecule has 0 fully saturated rings. The number of ether oxygens (including phenoxy) is 1. The second-order valence-corrected chi connectivity index (χ2v) is 14.2. The average Bonchev–Trinajstić information content (AvgIpc) is 4.00. The summed E-state index contributed by atoms with van der Waals surface area (Å²) < 4.78 is 15.7. The van der Waals surface area contributed by atoms with E-state index >= 15 is 0 Å². The molecule has 12 aromatic rings. The standard InChI is InChI=1S/C50H30N6O.Pt/c1-3-15-33(16-4-1)35-27-37(53-45-23-11-13-25-47(45)55-43-21-9-7-19-41(43)51-49(53)55)31-39(29-35)57-40-30-36(34-17-5-2-6-18-34)28-38(32-40)54-46-24-12-14-26-48(46)56-44-22-10-8-20-42(44)52-50(54)56;/h1-30H;/q-2;+2. The number of rotatable bonds is 6. The summed E-state index contributed by atoms with van der Waals surface area (Å²) >= 11 is 0. The first-order valence-corrected chi connectivity index (χ1v) is 18.9. The van der Waals surface area contributed by atoms with Gasteiger partial charge in [-0.25, -0.2) is 9.97 Å². The summed E-state index contributed by atoms with van der Waals surface area (Å²) in [6.07, 6.45) is 0. The van der Waals surface area contributed by atoms with Gasteiger partial charge in [0.2, 0.25) is 11.6 Å². The molecule has 4 aromatic heterocycles. The van der Waals surface area contributed by atoms with Gasteiger partial charge in [-0.3, -0.25) is 8.80 Å². The number of hydrogen-bond acceptors (Lipinski definition) is 3. The zero-order chi connectivity index (χ0) is 37.5. The van der Waals surface area contributed by atoms with Crippen molar-refractivity contribution in [2.45, 2.75) is 0 Å². The molecule has 0 N–H and O–H groups in total. The van der Waals surface area contributed by atoms with Crippen LogP contribution in [0.2, 0.25) is 0 Å². The summed E-state index contributed by atoms with van der Waals surface area (Å²) in [5.74, 6) is 2.72. The topological polar surface area (TPSA) is 53.7 Å². The largest absolute Gasteiger partial charge is 2.00 e. The maximum absolute atomic E-state index is 6.95. The summed E-state index contributed by atoms with van der Waals surface area (Å²) in [4.78, 5) is 10.3. The molecule has 0 aliphatic rings. The normalized spacial score (nSPS) is 11.7. The molecule has 8 aromatic carbocycles.